The number of benzene rings is 1. The molecule has 2 amide bonds. The average molecular weight is 357 g/mol. The van der Waals surface area contributed by atoms with Crippen LogP contribution in [0.25, 0.3) is 0 Å². The van der Waals surface area contributed by atoms with Crippen molar-refractivity contribution < 1.29 is 9.59 Å². The first-order chi connectivity index (χ1) is 10.9. The van der Waals surface area contributed by atoms with Crippen LogP contribution in [-0.4, -0.2) is 17.9 Å². The molecule has 0 spiro atoms. The van der Waals surface area contributed by atoms with Gasteiger partial charge in [-0.05, 0) is 37.5 Å². The molecule has 3 unspecified atom stereocenters. The highest BCUT2D eigenvalue weighted by Gasteiger charge is 2.30. The quantitative estimate of drug-likeness (QED) is 0.841. The van der Waals surface area contributed by atoms with E-state index in [0.717, 1.165) is 18.4 Å². The number of amides is 2. The summed E-state index contributed by atoms with van der Waals surface area (Å²) in [6, 6.07) is 5.32. The lowest BCUT2D eigenvalue weighted by atomic mass is 9.91. The van der Waals surface area contributed by atoms with Gasteiger partial charge in [-0.1, -0.05) is 42.6 Å². The van der Waals surface area contributed by atoms with Crippen molar-refractivity contribution >= 4 is 35.0 Å². The zero-order chi connectivity index (χ0) is 17.0. The van der Waals surface area contributed by atoms with Crippen LogP contribution in [0.4, 0.5) is 0 Å². The van der Waals surface area contributed by atoms with Crippen molar-refractivity contribution in [1.82, 2.24) is 10.6 Å². The van der Waals surface area contributed by atoms with E-state index in [1.54, 1.807) is 12.1 Å². The van der Waals surface area contributed by atoms with E-state index in [1.165, 1.54) is 0 Å². The second-order valence-corrected chi connectivity index (χ2v) is 6.94. The molecule has 2 rings (SSSR count). The molecule has 1 aliphatic rings. The van der Waals surface area contributed by atoms with Crippen LogP contribution in [0.5, 0.6) is 0 Å². The Morgan fingerprint density at radius 1 is 1.39 bits per heavy atom. The van der Waals surface area contributed by atoms with Crippen molar-refractivity contribution in [2.75, 3.05) is 0 Å². The second-order valence-electron chi connectivity index (χ2n) is 6.13. The molecule has 2 N–H and O–H groups in total. The maximum Gasteiger partial charge on any atom is 0.224 e. The molecule has 6 heteroatoms. The SMILES string of the molecule is CCCC(NC(=O)C1CC(=O)NC(C)C1)c1ccc(Cl)c(Cl)c1. The van der Waals surface area contributed by atoms with Gasteiger partial charge in [-0.3, -0.25) is 9.59 Å². The zero-order valence-corrected chi connectivity index (χ0v) is 14.9. The minimum absolute atomic E-state index is 0.0293. The monoisotopic (exact) mass is 356 g/mol. The molecule has 3 atom stereocenters. The Balaban J connectivity index is 2.10. The molecule has 0 saturated carbocycles. The zero-order valence-electron chi connectivity index (χ0n) is 13.4. The van der Waals surface area contributed by atoms with E-state index >= 15 is 0 Å². The molecule has 0 aliphatic carbocycles. The molecule has 126 valence electrons. The minimum Gasteiger partial charge on any atom is -0.354 e. The molecular weight excluding hydrogens is 335 g/mol. The maximum absolute atomic E-state index is 12.5. The molecule has 4 nitrogen and oxygen atoms in total. The molecule has 0 bridgehead atoms. The summed E-state index contributed by atoms with van der Waals surface area (Å²) in [5.41, 5.74) is 0.933. The average Bonchev–Trinajstić information content (AvgIpc) is 2.48. The summed E-state index contributed by atoms with van der Waals surface area (Å²) in [6.07, 6.45) is 2.64. The van der Waals surface area contributed by atoms with Crippen LogP contribution in [0.1, 0.15) is 51.1 Å². The third kappa shape index (κ3) is 4.85. The summed E-state index contributed by atoms with van der Waals surface area (Å²) >= 11 is 12.0. The van der Waals surface area contributed by atoms with Gasteiger partial charge in [-0.25, -0.2) is 0 Å². The van der Waals surface area contributed by atoms with Gasteiger partial charge in [0.25, 0.3) is 0 Å². The van der Waals surface area contributed by atoms with Crippen molar-refractivity contribution in [2.45, 2.75) is 51.6 Å². The number of carbonyl (C=O) groups is 2. The Bertz CT molecular complexity index is 592. The number of hydrogen-bond donors (Lipinski definition) is 2. The van der Waals surface area contributed by atoms with Gasteiger partial charge in [0.15, 0.2) is 0 Å². The van der Waals surface area contributed by atoms with Crippen molar-refractivity contribution in [3.8, 4) is 0 Å². The molecule has 1 aromatic carbocycles. The summed E-state index contributed by atoms with van der Waals surface area (Å²) in [5, 5.41) is 6.88. The van der Waals surface area contributed by atoms with Gasteiger partial charge < -0.3 is 10.6 Å². The fraction of sp³-hybridized carbons (Fsp3) is 0.529. The van der Waals surface area contributed by atoms with Crippen LogP contribution in [-0.2, 0) is 9.59 Å². The molecular formula is C17H22Cl2N2O2. The Kier molecular flexibility index (Phi) is 6.31. The minimum atomic E-state index is -0.277. The van der Waals surface area contributed by atoms with E-state index in [0.29, 0.717) is 16.5 Å². The number of nitrogens with one attached hydrogen (secondary N) is 2. The summed E-state index contributed by atoms with van der Waals surface area (Å²) in [4.78, 5) is 24.2. The summed E-state index contributed by atoms with van der Waals surface area (Å²) in [6.45, 7) is 3.98. The van der Waals surface area contributed by atoms with Crippen molar-refractivity contribution in [2.24, 2.45) is 5.92 Å². The highest BCUT2D eigenvalue weighted by molar-refractivity contribution is 6.42. The van der Waals surface area contributed by atoms with Crippen molar-refractivity contribution in [1.29, 1.82) is 0 Å². The van der Waals surface area contributed by atoms with Gasteiger partial charge in [0, 0.05) is 18.4 Å². The number of rotatable bonds is 5. The lowest BCUT2D eigenvalue weighted by Gasteiger charge is -2.28. The standard InChI is InChI=1S/C17H22Cl2N2O2/c1-3-4-15(11-5-6-13(18)14(19)8-11)21-17(23)12-7-10(2)20-16(22)9-12/h5-6,8,10,12,15H,3-4,7,9H2,1-2H3,(H,20,22)(H,21,23). The Morgan fingerprint density at radius 2 is 2.13 bits per heavy atom. The van der Waals surface area contributed by atoms with Crippen molar-refractivity contribution in [3.05, 3.63) is 33.8 Å². The third-order valence-corrected chi connectivity index (χ3v) is 4.83. The van der Waals surface area contributed by atoms with E-state index in [1.807, 2.05) is 13.0 Å². The first-order valence-corrected chi connectivity index (χ1v) is 8.71. The second kappa shape index (κ2) is 8.02. The Hall–Kier alpha value is -1.26. The number of halogens is 2. The first-order valence-electron chi connectivity index (χ1n) is 7.95. The van der Waals surface area contributed by atoms with Gasteiger partial charge in [-0.15, -0.1) is 0 Å². The van der Waals surface area contributed by atoms with E-state index < -0.39 is 0 Å². The molecule has 1 saturated heterocycles. The molecule has 1 aromatic rings. The van der Waals surface area contributed by atoms with E-state index in [-0.39, 0.29) is 36.2 Å². The highest BCUT2D eigenvalue weighted by Crippen LogP contribution is 2.28. The largest absolute Gasteiger partial charge is 0.354 e. The van der Waals surface area contributed by atoms with Gasteiger partial charge in [0.2, 0.25) is 11.8 Å². The van der Waals surface area contributed by atoms with Crippen LogP contribution in [0, 0.1) is 5.92 Å². The fourth-order valence-corrected chi connectivity index (χ4v) is 3.26. The van der Waals surface area contributed by atoms with Crippen LogP contribution in [0.3, 0.4) is 0 Å². The van der Waals surface area contributed by atoms with Gasteiger partial charge in [-0.2, -0.15) is 0 Å². The lowest BCUT2D eigenvalue weighted by Crippen LogP contribution is -2.46. The van der Waals surface area contributed by atoms with E-state index in [2.05, 4.69) is 17.6 Å². The molecule has 0 radical (unpaired) electrons. The molecule has 1 heterocycles. The van der Waals surface area contributed by atoms with Crippen LogP contribution in [0.2, 0.25) is 10.0 Å². The number of hydrogen-bond acceptors (Lipinski definition) is 2. The topological polar surface area (TPSA) is 58.2 Å². The first kappa shape index (κ1) is 18.1. The fourth-order valence-electron chi connectivity index (χ4n) is 2.96. The molecule has 1 aliphatic heterocycles. The van der Waals surface area contributed by atoms with Crippen molar-refractivity contribution in [3.63, 3.8) is 0 Å². The van der Waals surface area contributed by atoms with Crippen LogP contribution < -0.4 is 10.6 Å². The smallest absolute Gasteiger partial charge is 0.224 e. The van der Waals surface area contributed by atoms with E-state index in [4.69, 9.17) is 23.2 Å². The predicted octanol–water partition coefficient (Wildman–Crippen LogP) is 3.87. The van der Waals surface area contributed by atoms with E-state index in [9.17, 15) is 9.59 Å². The molecule has 0 aromatic heterocycles. The highest BCUT2D eigenvalue weighted by atomic mass is 35.5. The number of piperidine rings is 1. The predicted molar refractivity (Wildman–Crippen MR) is 92.6 cm³/mol. The Labute approximate surface area is 146 Å². The summed E-state index contributed by atoms with van der Waals surface area (Å²) < 4.78 is 0. The normalized spacial score (nSPS) is 22.3. The van der Waals surface area contributed by atoms with Crippen LogP contribution >= 0.6 is 23.2 Å². The van der Waals surface area contributed by atoms with Gasteiger partial charge >= 0.3 is 0 Å². The molecule has 23 heavy (non-hydrogen) atoms. The number of carbonyl (C=O) groups excluding carboxylic acids is 2. The summed E-state index contributed by atoms with van der Waals surface area (Å²) in [5.74, 6) is -0.414. The third-order valence-electron chi connectivity index (χ3n) is 4.09. The van der Waals surface area contributed by atoms with Gasteiger partial charge in [0.1, 0.15) is 0 Å². The maximum atomic E-state index is 12.5. The Morgan fingerprint density at radius 3 is 2.74 bits per heavy atom. The van der Waals surface area contributed by atoms with Crippen LogP contribution in [0.15, 0.2) is 18.2 Å². The lowest BCUT2D eigenvalue weighted by molar-refractivity contribution is -0.133. The molecule has 1 fully saturated rings. The van der Waals surface area contributed by atoms with Gasteiger partial charge in [0.05, 0.1) is 16.1 Å². The summed E-state index contributed by atoms with van der Waals surface area (Å²) in [7, 11) is 0.